The summed E-state index contributed by atoms with van der Waals surface area (Å²) in [6, 6.07) is 7.37. The molecule has 0 aliphatic carbocycles. The van der Waals surface area contributed by atoms with Gasteiger partial charge in [0.25, 0.3) is 0 Å². The molecular weight excluding hydrogens is 274 g/mol. The van der Waals surface area contributed by atoms with Gasteiger partial charge in [0.05, 0.1) is 23.1 Å². The smallest absolute Gasteiger partial charge is 0.315 e. The largest absolute Gasteiger partial charge is 0.465 e. The summed E-state index contributed by atoms with van der Waals surface area (Å²) in [5.41, 5.74) is 1.55. The van der Waals surface area contributed by atoms with Crippen molar-refractivity contribution >= 4 is 23.1 Å². The Balaban J connectivity index is 1.90. The van der Waals surface area contributed by atoms with Gasteiger partial charge in [-0.25, -0.2) is 0 Å². The maximum absolute atomic E-state index is 12.4. The van der Waals surface area contributed by atoms with Gasteiger partial charge in [-0.1, -0.05) is 6.07 Å². The van der Waals surface area contributed by atoms with Gasteiger partial charge in [0, 0.05) is 12.2 Å². The molecule has 4 nitrogen and oxygen atoms in total. The van der Waals surface area contributed by atoms with Crippen LogP contribution in [-0.2, 0) is 16.1 Å². The summed E-state index contributed by atoms with van der Waals surface area (Å²) in [4.78, 5) is 25.0. The molecule has 1 unspecified atom stereocenters. The molecule has 3 rings (SSSR count). The predicted molar refractivity (Wildman–Crippen MR) is 76.2 cm³/mol. The fourth-order valence-electron chi connectivity index (χ4n) is 2.66. The number of ether oxygens (including phenoxy) is 1. The maximum atomic E-state index is 12.4. The normalized spacial score (nSPS) is 16.9. The van der Waals surface area contributed by atoms with Gasteiger partial charge in [0.15, 0.2) is 0 Å². The third kappa shape index (κ3) is 2.08. The molecule has 3 heterocycles. The van der Waals surface area contributed by atoms with Gasteiger partial charge in [0.2, 0.25) is 5.78 Å². The summed E-state index contributed by atoms with van der Waals surface area (Å²) in [5.74, 6) is -0.407. The van der Waals surface area contributed by atoms with E-state index in [0.717, 1.165) is 10.6 Å². The van der Waals surface area contributed by atoms with Crippen molar-refractivity contribution in [3.05, 3.63) is 45.9 Å². The van der Waals surface area contributed by atoms with Crippen molar-refractivity contribution < 1.29 is 14.3 Å². The van der Waals surface area contributed by atoms with Crippen LogP contribution in [0.25, 0.3) is 0 Å². The van der Waals surface area contributed by atoms with E-state index in [2.05, 4.69) is 0 Å². The minimum Gasteiger partial charge on any atom is -0.465 e. The summed E-state index contributed by atoms with van der Waals surface area (Å²) in [7, 11) is 0. The number of fused-ring (bicyclic) bond motifs is 1. The average Bonchev–Trinajstić information content (AvgIpc) is 3.15. The molecule has 0 saturated carbocycles. The molecule has 2 aromatic rings. The topological polar surface area (TPSA) is 48.3 Å². The minimum atomic E-state index is -0.236. The number of ketones is 1. The second kappa shape index (κ2) is 5.25. The second-order valence-corrected chi connectivity index (χ2v) is 5.64. The van der Waals surface area contributed by atoms with E-state index < -0.39 is 0 Å². The Hall–Kier alpha value is -1.88. The molecule has 1 aliphatic rings. The van der Waals surface area contributed by atoms with E-state index >= 15 is 0 Å². The summed E-state index contributed by atoms with van der Waals surface area (Å²) in [6.07, 6.45) is 0.708. The third-order valence-electron chi connectivity index (χ3n) is 3.56. The Morgan fingerprint density at radius 1 is 1.40 bits per heavy atom. The highest BCUT2D eigenvalue weighted by molar-refractivity contribution is 7.12. The van der Waals surface area contributed by atoms with Crippen molar-refractivity contribution in [1.82, 2.24) is 4.57 Å². The number of hydrogen-bond donors (Lipinski definition) is 0. The first-order valence-corrected chi connectivity index (χ1v) is 7.54. The first-order chi connectivity index (χ1) is 9.72. The Labute approximate surface area is 121 Å². The van der Waals surface area contributed by atoms with Crippen LogP contribution >= 0.6 is 11.3 Å². The second-order valence-electron chi connectivity index (χ2n) is 4.69. The molecule has 2 aromatic heterocycles. The number of hydrogen-bond acceptors (Lipinski definition) is 4. The number of rotatable bonds is 4. The van der Waals surface area contributed by atoms with Crippen LogP contribution in [0, 0.1) is 0 Å². The van der Waals surface area contributed by atoms with Crippen molar-refractivity contribution in [2.45, 2.75) is 25.8 Å². The average molecular weight is 289 g/mol. The Morgan fingerprint density at radius 2 is 2.25 bits per heavy atom. The van der Waals surface area contributed by atoms with E-state index in [4.69, 9.17) is 4.74 Å². The highest BCUT2D eigenvalue weighted by atomic mass is 32.1. The molecule has 0 aromatic carbocycles. The number of nitrogens with zero attached hydrogens (tertiary/aromatic N) is 1. The molecule has 1 aliphatic heterocycles. The summed E-state index contributed by atoms with van der Waals surface area (Å²) >= 11 is 1.44. The first-order valence-electron chi connectivity index (χ1n) is 6.66. The number of carbonyl (C=O) groups excluding carboxylic acids is 2. The van der Waals surface area contributed by atoms with Gasteiger partial charge < -0.3 is 9.30 Å². The molecule has 0 spiro atoms. The zero-order valence-corrected chi connectivity index (χ0v) is 12.0. The summed E-state index contributed by atoms with van der Waals surface area (Å²) in [6.45, 7) is 2.88. The van der Waals surface area contributed by atoms with Gasteiger partial charge in [-0.2, -0.15) is 0 Å². The molecule has 20 heavy (non-hydrogen) atoms. The van der Waals surface area contributed by atoms with Crippen LogP contribution in [0.4, 0.5) is 0 Å². The van der Waals surface area contributed by atoms with Gasteiger partial charge >= 0.3 is 5.97 Å². The van der Waals surface area contributed by atoms with Crippen LogP contribution in [-0.4, -0.2) is 22.9 Å². The number of thiophene rings is 1. The van der Waals surface area contributed by atoms with Crippen LogP contribution in [0.3, 0.4) is 0 Å². The lowest BCUT2D eigenvalue weighted by molar-refractivity contribution is -0.144. The summed E-state index contributed by atoms with van der Waals surface area (Å²) < 4.78 is 7.04. The Bertz CT molecular complexity index is 642. The molecule has 0 N–H and O–H groups in total. The fourth-order valence-corrected chi connectivity index (χ4v) is 3.33. The van der Waals surface area contributed by atoms with Gasteiger partial charge in [-0.05, 0) is 36.9 Å². The van der Waals surface area contributed by atoms with E-state index in [9.17, 15) is 9.59 Å². The van der Waals surface area contributed by atoms with Crippen LogP contribution in [0.15, 0.2) is 29.6 Å². The zero-order chi connectivity index (χ0) is 14.1. The van der Waals surface area contributed by atoms with Crippen molar-refractivity contribution in [1.29, 1.82) is 0 Å². The standard InChI is InChI=1S/C15H15NO3S/c1-2-19-15(18)10-7-8-16-11(10)5-6-12(16)14(17)13-4-3-9-20-13/h3-6,9-10H,2,7-8H2,1H3. The van der Waals surface area contributed by atoms with E-state index in [-0.39, 0.29) is 17.7 Å². The monoisotopic (exact) mass is 289 g/mol. The summed E-state index contributed by atoms with van der Waals surface area (Å²) in [5, 5.41) is 1.89. The number of esters is 1. The van der Waals surface area contributed by atoms with Gasteiger partial charge in [-0.15, -0.1) is 11.3 Å². The van der Waals surface area contributed by atoms with Crippen LogP contribution in [0.2, 0.25) is 0 Å². The number of aromatic nitrogens is 1. The van der Waals surface area contributed by atoms with E-state index in [1.54, 1.807) is 6.92 Å². The first kappa shape index (κ1) is 13.1. The molecule has 104 valence electrons. The van der Waals surface area contributed by atoms with Crippen molar-refractivity contribution in [3.8, 4) is 0 Å². The molecule has 0 bridgehead atoms. The lowest BCUT2D eigenvalue weighted by Crippen LogP contribution is -2.13. The Kier molecular flexibility index (Phi) is 3.44. The lowest BCUT2D eigenvalue weighted by atomic mass is 10.1. The highest BCUT2D eigenvalue weighted by Gasteiger charge is 2.32. The van der Waals surface area contributed by atoms with Crippen molar-refractivity contribution in [2.75, 3.05) is 6.61 Å². The van der Waals surface area contributed by atoms with Crippen LogP contribution in [0.1, 0.15) is 40.3 Å². The third-order valence-corrected chi connectivity index (χ3v) is 4.43. The van der Waals surface area contributed by atoms with Gasteiger partial charge in [-0.3, -0.25) is 9.59 Å². The molecule has 0 radical (unpaired) electrons. The molecule has 5 heteroatoms. The molecule has 0 amide bonds. The van der Waals surface area contributed by atoms with Gasteiger partial charge in [0.1, 0.15) is 0 Å². The minimum absolute atomic E-state index is 0.0239. The molecule has 0 fully saturated rings. The molecule has 0 saturated heterocycles. The van der Waals surface area contributed by atoms with Crippen molar-refractivity contribution in [2.24, 2.45) is 0 Å². The highest BCUT2D eigenvalue weighted by Crippen LogP contribution is 2.32. The van der Waals surface area contributed by atoms with E-state index in [0.29, 0.717) is 25.3 Å². The van der Waals surface area contributed by atoms with E-state index in [1.165, 1.54) is 11.3 Å². The fraction of sp³-hybridized carbons (Fsp3) is 0.333. The molecular formula is C15H15NO3S. The maximum Gasteiger partial charge on any atom is 0.315 e. The van der Waals surface area contributed by atoms with Crippen LogP contribution in [0.5, 0.6) is 0 Å². The van der Waals surface area contributed by atoms with Crippen LogP contribution < -0.4 is 0 Å². The van der Waals surface area contributed by atoms with E-state index in [1.807, 2.05) is 34.2 Å². The SMILES string of the molecule is CCOC(=O)C1CCn2c(C(=O)c3cccs3)ccc21. The zero-order valence-electron chi connectivity index (χ0n) is 11.2. The Morgan fingerprint density at radius 3 is 2.95 bits per heavy atom. The lowest BCUT2D eigenvalue weighted by Gasteiger charge is -2.07. The quantitative estimate of drug-likeness (QED) is 0.642. The predicted octanol–water partition coefficient (Wildman–Crippen LogP) is 2.83. The van der Waals surface area contributed by atoms with Crippen molar-refractivity contribution in [3.63, 3.8) is 0 Å². The number of carbonyl (C=O) groups is 2. The molecule has 1 atom stereocenters.